The zero-order valence-corrected chi connectivity index (χ0v) is 14.1. The molecule has 0 bridgehead atoms. The van der Waals surface area contributed by atoms with Crippen molar-refractivity contribution in [3.05, 3.63) is 35.4 Å². The molecule has 1 heterocycles. The van der Waals surface area contributed by atoms with E-state index in [2.05, 4.69) is 4.72 Å². The first-order valence-corrected chi connectivity index (χ1v) is 9.01. The van der Waals surface area contributed by atoms with E-state index in [4.69, 9.17) is 4.74 Å². The van der Waals surface area contributed by atoms with E-state index in [9.17, 15) is 17.2 Å². The molecular weight excluding hydrogens is 326 g/mol. The van der Waals surface area contributed by atoms with Gasteiger partial charge in [0, 0.05) is 37.9 Å². The molecule has 0 saturated carbocycles. The van der Waals surface area contributed by atoms with E-state index in [0.717, 1.165) is 12.1 Å². The molecule has 1 aliphatic heterocycles. The number of hydrogen-bond donors (Lipinski definition) is 1. The maximum absolute atomic E-state index is 13.7. The van der Waals surface area contributed by atoms with Crippen molar-refractivity contribution in [2.75, 3.05) is 20.3 Å². The molecule has 1 aromatic rings. The molecule has 0 spiro atoms. The quantitative estimate of drug-likeness (QED) is 0.853. The highest BCUT2D eigenvalue weighted by atomic mass is 32.2. The Morgan fingerprint density at radius 1 is 1.30 bits per heavy atom. The van der Waals surface area contributed by atoms with Crippen molar-refractivity contribution in [3.8, 4) is 0 Å². The molecule has 1 fully saturated rings. The van der Waals surface area contributed by atoms with E-state index < -0.39 is 27.9 Å². The zero-order valence-electron chi connectivity index (χ0n) is 13.3. The van der Waals surface area contributed by atoms with Gasteiger partial charge in [-0.15, -0.1) is 0 Å². The molecule has 2 rings (SSSR count). The van der Waals surface area contributed by atoms with Crippen molar-refractivity contribution < 1.29 is 21.9 Å². The summed E-state index contributed by atoms with van der Waals surface area (Å²) in [4.78, 5) is 0. The van der Waals surface area contributed by atoms with E-state index in [1.807, 2.05) is 0 Å². The first-order chi connectivity index (χ1) is 10.8. The van der Waals surface area contributed by atoms with Crippen molar-refractivity contribution in [1.29, 1.82) is 0 Å². The van der Waals surface area contributed by atoms with Crippen LogP contribution in [0.25, 0.3) is 0 Å². The molecule has 1 saturated heterocycles. The Bertz CT molecular complexity index is 613. The summed E-state index contributed by atoms with van der Waals surface area (Å²) in [6.07, 6.45) is 1.21. The number of ether oxygens (including phenoxy) is 1. The van der Waals surface area contributed by atoms with Crippen LogP contribution >= 0.6 is 0 Å². The van der Waals surface area contributed by atoms with Crippen LogP contribution in [0.5, 0.6) is 0 Å². The maximum Gasteiger partial charge on any atom is 0.279 e. The normalized spacial score (nSPS) is 18.3. The Morgan fingerprint density at radius 2 is 1.87 bits per heavy atom. The van der Waals surface area contributed by atoms with Crippen LogP contribution < -0.4 is 4.72 Å². The van der Waals surface area contributed by atoms with Gasteiger partial charge in [0.15, 0.2) is 0 Å². The Kier molecular flexibility index (Phi) is 6.07. The third kappa shape index (κ3) is 4.69. The topological polar surface area (TPSA) is 58.6 Å². The fourth-order valence-corrected chi connectivity index (χ4v) is 4.02. The first-order valence-electron chi connectivity index (χ1n) is 7.57. The average molecular weight is 348 g/mol. The highest BCUT2D eigenvalue weighted by Crippen LogP contribution is 2.17. The molecule has 1 aliphatic rings. The summed E-state index contributed by atoms with van der Waals surface area (Å²) < 4.78 is 61.1. The highest BCUT2D eigenvalue weighted by Gasteiger charge is 2.29. The number of halogens is 2. The van der Waals surface area contributed by atoms with E-state index in [1.165, 1.54) is 17.4 Å². The van der Waals surface area contributed by atoms with Crippen LogP contribution in [0.2, 0.25) is 0 Å². The van der Waals surface area contributed by atoms with Crippen LogP contribution in [-0.2, 0) is 21.4 Å². The van der Waals surface area contributed by atoms with Crippen molar-refractivity contribution >= 4 is 10.2 Å². The molecule has 1 aromatic carbocycles. The van der Waals surface area contributed by atoms with E-state index in [1.54, 1.807) is 6.92 Å². The van der Waals surface area contributed by atoms with Crippen LogP contribution in [0.15, 0.2) is 18.2 Å². The van der Waals surface area contributed by atoms with Crippen molar-refractivity contribution in [1.82, 2.24) is 9.03 Å². The zero-order chi connectivity index (χ0) is 17.0. The number of benzene rings is 1. The lowest BCUT2D eigenvalue weighted by Gasteiger charge is -2.31. The molecule has 1 N–H and O–H groups in total. The highest BCUT2D eigenvalue weighted by molar-refractivity contribution is 7.87. The van der Waals surface area contributed by atoms with Crippen molar-refractivity contribution in [2.24, 2.45) is 0 Å². The standard InChI is InChI=1S/C15H22F2N2O3S/c1-11(10-13-14(16)4-3-5-15(13)17)18-23(20,21)19(2)12-6-8-22-9-7-12/h3-5,11-12,18H,6-10H2,1-2H3/t11-/m1/s1. The van der Waals surface area contributed by atoms with E-state index in [-0.39, 0.29) is 18.0 Å². The fraction of sp³-hybridized carbons (Fsp3) is 0.600. The maximum atomic E-state index is 13.7. The SMILES string of the molecule is C[C@H](Cc1c(F)cccc1F)NS(=O)(=O)N(C)C1CCOCC1. The number of nitrogens with one attached hydrogen (secondary N) is 1. The number of nitrogens with zero attached hydrogens (tertiary/aromatic N) is 1. The summed E-state index contributed by atoms with van der Waals surface area (Å²) in [5.41, 5.74) is -0.114. The molecule has 0 aromatic heterocycles. The van der Waals surface area contributed by atoms with Gasteiger partial charge in [-0.1, -0.05) is 6.07 Å². The van der Waals surface area contributed by atoms with E-state index >= 15 is 0 Å². The molecule has 23 heavy (non-hydrogen) atoms. The van der Waals surface area contributed by atoms with Gasteiger partial charge in [-0.3, -0.25) is 0 Å². The van der Waals surface area contributed by atoms with Crippen LogP contribution in [0.3, 0.4) is 0 Å². The second-order valence-corrected chi connectivity index (χ2v) is 7.55. The van der Waals surface area contributed by atoms with Crippen LogP contribution in [0.4, 0.5) is 8.78 Å². The number of hydrogen-bond acceptors (Lipinski definition) is 3. The van der Waals surface area contributed by atoms with Gasteiger partial charge in [-0.05, 0) is 38.3 Å². The average Bonchev–Trinajstić information content (AvgIpc) is 2.51. The van der Waals surface area contributed by atoms with Crippen molar-refractivity contribution in [2.45, 2.75) is 38.3 Å². The molecule has 130 valence electrons. The first kappa shape index (κ1) is 18.3. The predicted octanol–water partition coefficient (Wildman–Crippen LogP) is 1.84. The van der Waals surface area contributed by atoms with E-state index in [0.29, 0.717) is 26.1 Å². The second kappa shape index (κ2) is 7.65. The summed E-state index contributed by atoms with van der Waals surface area (Å²) in [5, 5.41) is 0. The Labute approximate surface area is 135 Å². The summed E-state index contributed by atoms with van der Waals surface area (Å²) in [6.45, 7) is 2.64. The Hall–Kier alpha value is -1.09. The molecule has 0 amide bonds. The minimum absolute atomic E-state index is 0.0562. The van der Waals surface area contributed by atoms with Gasteiger partial charge in [-0.2, -0.15) is 17.4 Å². The minimum atomic E-state index is -3.72. The molecule has 1 atom stereocenters. The molecular formula is C15H22F2N2O3S. The number of rotatable bonds is 6. The molecule has 0 aliphatic carbocycles. The van der Waals surface area contributed by atoms with Crippen LogP contribution in [0, 0.1) is 11.6 Å². The third-order valence-corrected chi connectivity index (χ3v) is 5.76. The molecule has 8 heteroatoms. The molecule has 0 unspecified atom stereocenters. The largest absolute Gasteiger partial charge is 0.381 e. The van der Waals surface area contributed by atoms with Gasteiger partial charge in [-0.25, -0.2) is 8.78 Å². The third-order valence-electron chi connectivity index (χ3n) is 4.01. The Morgan fingerprint density at radius 3 is 2.43 bits per heavy atom. The lowest BCUT2D eigenvalue weighted by Crippen LogP contribution is -2.49. The van der Waals surface area contributed by atoms with Crippen LogP contribution in [0.1, 0.15) is 25.3 Å². The van der Waals surface area contributed by atoms with Gasteiger partial charge in [0.2, 0.25) is 0 Å². The lowest BCUT2D eigenvalue weighted by molar-refractivity contribution is 0.0629. The van der Waals surface area contributed by atoms with Gasteiger partial charge < -0.3 is 4.74 Å². The second-order valence-electron chi connectivity index (χ2n) is 5.79. The fourth-order valence-electron chi connectivity index (χ4n) is 2.66. The summed E-state index contributed by atoms with van der Waals surface area (Å²) in [5.74, 6) is -1.34. The van der Waals surface area contributed by atoms with Gasteiger partial charge >= 0.3 is 0 Å². The molecule has 0 radical (unpaired) electrons. The Balaban J connectivity index is 2.01. The van der Waals surface area contributed by atoms with Crippen LogP contribution in [-0.4, -0.2) is 45.1 Å². The minimum Gasteiger partial charge on any atom is -0.381 e. The predicted molar refractivity (Wildman–Crippen MR) is 83.2 cm³/mol. The summed E-state index contributed by atoms with van der Waals surface area (Å²) in [6, 6.07) is 2.84. The lowest BCUT2D eigenvalue weighted by atomic mass is 10.1. The summed E-state index contributed by atoms with van der Waals surface area (Å²) >= 11 is 0. The van der Waals surface area contributed by atoms with Gasteiger partial charge in [0.05, 0.1) is 0 Å². The van der Waals surface area contributed by atoms with Gasteiger partial charge in [0.1, 0.15) is 11.6 Å². The molecule has 5 nitrogen and oxygen atoms in total. The monoisotopic (exact) mass is 348 g/mol. The smallest absolute Gasteiger partial charge is 0.279 e. The summed E-state index contributed by atoms with van der Waals surface area (Å²) in [7, 11) is -2.21. The van der Waals surface area contributed by atoms with Crippen molar-refractivity contribution in [3.63, 3.8) is 0 Å². The van der Waals surface area contributed by atoms with Gasteiger partial charge in [0.25, 0.3) is 10.2 Å².